The summed E-state index contributed by atoms with van der Waals surface area (Å²) in [5.74, 6) is 2.04. The van der Waals surface area contributed by atoms with Crippen LogP contribution < -0.4 is 5.32 Å². The third-order valence-electron chi connectivity index (χ3n) is 4.81. The van der Waals surface area contributed by atoms with Crippen LogP contribution in [0.5, 0.6) is 0 Å². The second-order valence-corrected chi connectivity index (χ2v) is 10.1. The zero-order chi connectivity index (χ0) is 21.4. The van der Waals surface area contributed by atoms with E-state index in [1.807, 2.05) is 6.92 Å². The van der Waals surface area contributed by atoms with Crippen molar-refractivity contribution in [3.05, 3.63) is 21.7 Å². The van der Waals surface area contributed by atoms with E-state index in [1.54, 1.807) is 6.08 Å². The van der Waals surface area contributed by atoms with Crippen molar-refractivity contribution in [1.82, 2.24) is 10.2 Å². The van der Waals surface area contributed by atoms with E-state index < -0.39 is 9.84 Å². The Morgan fingerprint density at radius 1 is 1.38 bits per heavy atom. The Morgan fingerprint density at radius 2 is 2.07 bits per heavy atom. The largest absolute Gasteiger partial charge is 0.372 e. The molecule has 10 heteroatoms. The molecule has 29 heavy (non-hydrogen) atoms. The van der Waals surface area contributed by atoms with Crippen molar-refractivity contribution < 1.29 is 22.7 Å². The number of hydrogen-bond acceptors (Lipinski definition) is 6. The average molecular weight is 465 g/mol. The van der Waals surface area contributed by atoms with Crippen LogP contribution in [0.3, 0.4) is 0 Å². The average Bonchev–Trinajstić information content (AvgIpc) is 2.92. The van der Waals surface area contributed by atoms with E-state index in [1.165, 1.54) is 4.90 Å². The van der Waals surface area contributed by atoms with Crippen LogP contribution in [0.2, 0.25) is 0 Å². The van der Waals surface area contributed by atoms with Gasteiger partial charge in [0.05, 0.1) is 35.9 Å². The van der Waals surface area contributed by atoms with E-state index in [2.05, 4.69) is 11.2 Å². The molecule has 0 aromatic heterocycles. The molecule has 2 aliphatic rings. The zero-order valence-corrected chi connectivity index (χ0v) is 18.7. The van der Waals surface area contributed by atoms with E-state index in [4.69, 9.17) is 39.1 Å². The third-order valence-corrected chi connectivity index (χ3v) is 7.12. The van der Waals surface area contributed by atoms with Crippen LogP contribution >= 0.6 is 23.2 Å². The summed E-state index contributed by atoms with van der Waals surface area (Å²) in [6.07, 6.45) is 6.68. The Hall–Kier alpha value is -1.08. The lowest BCUT2D eigenvalue weighted by Crippen LogP contribution is -2.45. The molecule has 2 rings (SSSR count). The summed E-state index contributed by atoms with van der Waals surface area (Å²) in [4.78, 5) is 13.8. The van der Waals surface area contributed by atoms with Crippen LogP contribution in [0.1, 0.15) is 6.92 Å². The van der Waals surface area contributed by atoms with Crippen LogP contribution in [-0.2, 0) is 24.1 Å². The first kappa shape index (κ1) is 24.2. The topological polar surface area (TPSA) is 84.9 Å². The molecule has 2 heterocycles. The second-order valence-electron chi connectivity index (χ2n) is 7.00. The van der Waals surface area contributed by atoms with Gasteiger partial charge in [0.2, 0.25) is 5.91 Å². The number of ether oxygens (including phenoxy) is 2. The molecule has 2 unspecified atom stereocenters. The van der Waals surface area contributed by atoms with E-state index in [-0.39, 0.29) is 59.2 Å². The lowest BCUT2D eigenvalue weighted by atomic mass is 9.96. The number of nitrogens with one attached hydrogen (secondary N) is 1. The number of rotatable bonds is 6. The Balaban J connectivity index is 1.93. The first-order valence-corrected chi connectivity index (χ1v) is 11.9. The molecule has 0 aromatic carbocycles. The zero-order valence-electron chi connectivity index (χ0n) is 16.3. The fourth-order valence-electron chi connectivity index (χ4n) is 3.20. The van der Waals surface area contributed by atoms with Crippen LogP contribution in [0.25, 0.3) is 0 Å². The maximum Gasteiger partial charge on any atom is 0.248 e. The highest BCUT2D eigenvalue weighted by Gasteiger charge is 2.28. The molecule has 0 bridgehead atoms. The van der Waals surface area contributed by atoms with Crippen molar-refractivity contribution in [2.75, 3.05) is 57.5 Å². The Kier molecular flexibility index (Phi) is 9.47. The molecule has 2 atom stereocenters. The van der Waals surface area contributed by atoms with Crippen LogP contribution in [0.15, 0.2) is 21.7 Å². The smallest absolute Gasteiger partial charge is 0.248 e. The molecule has 2 saturated heterocycles. The SMILES string of the molecule is C#CC(Cl)=C(Cl)C=C(C)C1OCCNCC1COCC(=O)N1CCS(=O)(=O)CC1. The summed E-state index contributed by atoms with van der Waals surface area (Å²) in [5.41, 5.74) is 0.855. The highest BCUT2D eigenvalue weighted by Crippen LogP contribution is 2.23. The molecular formula is C19H26Cl2N2O5S. The minimum absolute atomic E-state index is 0.000315. The second kappa shape index (κ2) is 11.3. The van der Waals surface area contributed by atoms with E-state index >= 15 is 0 Å². The molecule has 2 fully saturated rings. The number of halogens is 2. The fourth-order valence-corrected chi connectivity index (χ4v) is 4.69. The third kappa shape index (κ3) is 7.59. The van der Waals surface area contributed by atoms with E-state index in [9.17, 15) is 13.2 Å². The standard InChI is InChI=1S/C19H26Cl2N2O5S/c1-3-16(20)17(21)10-14(2)19-15(11-22-4-7-28-19)12-27-13-18(24)23-5-8-29(25,26)9-6-23/h1,10,15,19,22H,4-9,11-13H2,2H3. The maximum absolute atomic E-state index is 12.3. The van der Waals surface area contributed by atoms with Crippen molar-refractivity contribution in [3.8, 4) is 12.3 Å². The molecule has 1 N–H and O–H groups in total. The first-order valence-electron chi connectivity index (χ1n) is 9.32. The number of terminal acetylenes is 1. The number of carbonyl (C=O) groups is 1. The van der Waals surface area contributed by atoms with Gasteiger partial charge in [0.25, 0.3) is 0 Å². The van der Waals surface area contributed by atoms with Gasteiger partial charge in [0.1, 0.15) is 11.6 Å². The van der Waals surface area contributed by atoms with Gasteiger partial charge < -0.3 is 19.7 Å². The van der Waals surface area contributed by atoms with Gasteiger partial charge in [-0.2, -0.15) is 0 Å². The lowest BCUT2D eigenvalue weighted by molar-refractivity contribution is -0.136. The van der Waals surface area contributed by atoms with Crippen molar-refractivity contribution in [1.29, 1.82) is 0 Å². The van der Waals surface area contributed by atoms with Crippen molar-refractivity contribution >= 4 is 38.9 Å². The maximum atomic E-state index is 12.3. The van der Waals surface area contributed by atoms with Crippen LogP contribution in [-0.4, -0.2) is 82.8 Å². The monoisotopic (exact) mass is 464 g/mol. The predicted octanol–water partition coefficient (Wildman–Crippen LogP) is 1.13. The summed E-state index contributed by atoms with van der Waals surface area (Å²) < 4.78 is 34.6. The molecule has 1 amide bonds. The molecule has 0 aliphatic carbocycles. The lowest BCUT2D eigenvalue weighted by Gasteiger charge is -2.28. The summed E-state index contributed by atoms with van der Waals surface area (Å²) in [6, 6.07) is 0. The highest BCUT2D eigenvalue weighted by molar-refractivity contribution is 7.91. The summed E-state index contributed by atoms with van der Waals surface area (Å²) in [5, 5.41) is 3.67. The molecule has 0 saturated carbocycles. The van der Waals surface area contributed by atoms with Gasteiger partial charge in [-0.1, -0.05) is 29.1 Å². The molecule has 0 spiro atoms. The Bertz CT molecular complexity index is 790. The molecule has 2 aliphatic heterocycles. The molecule has 0 radical (unpaired) electrons. The molecular weight excluding hydrogens is 439 g/mol. The quantitative estimate of drug-likeness (QED) is 0.468. The molecule has 7 nitrogen and oxygen atoms in total. The summed E-state index contributed by atoms with van der Waals surface area (Å²) in [6.45, 7) is 4.38. The van der Waals surface area contributed by atoms with Gasteiger partial charge in [-0.15, -0.1) is 6.42 Å². The van der Waals surface area contributed by atoms with Crippen LogP contribution in [0, 0.1) is 18.3 Å². The van der Waals surface area contributed by atoms with Gasteiger partial charge >= 0.3 is 0 Å². The van der Waals surface area contributed by atoms with Crippen molar-refractivity contribution in [3.63, 3.8) is 0 Å². The van der Waals surface area contributed by atoms with Gasteiger partial charge in [-0.05, 0) is 18.6 Å². The van der Waals surface area contributed by atoms with Gasteiger partial charge in [-0.3, -0.25) is 4.79 Å². The number of nitrogens with zero attached hydrogens (tertiary/aromatic N) is 1. The number of carbonyl (C=O) groups excluding carboxylic acids is 1. The predicted molar refractivity (Wildman–Crippen MR) is 113 cm³/mol. The van der Waals surface area contributed by atoms with E-state index in [0.29, 0.717) is 26.3 Å². The van der Waals surface area contributed by atoms with Crippen LogP contribution in [0.4, 0.5) is 0 Å². The minimum Gasteiger partial charge on any atom is -0.372 e. The highest BCUT2D eigenvalue weighted by atomic mass is 35.5. The van der Waals surface area contributed by atoms with Crippen molar-refractivity contribution in [2.45, 2.75) is 13.0 Å². The van der Waals surface area contributed by atoms with Gasteiger partial charge in [0.15, 0.2) is 9.84 Å². The Labute approximate surface area is 182 Å². The first-order chi connectivity index (χ1) is 13.7. The number of hydrogen-bond donors (Lipinski definition) is 1. The number of sulfone groups is 1. The molecule has 0 aromatic rings. The van der Waals surface area contributed by atoms with Gasteiger partial charge in [0, 0.05) is 32.1 Å². The minimum atomic E-state index is -3.03. The Morgan fingerprint density at radius 3 is 2.72 bits per heavy atom. The normalized spacial score (nSPS) is 26.3. The number of amides is 1. The molecule has 162 valence electrons. The van der Waals surface area contributed by atoms with E-state index in [0.717, 1.165) is 5.57 Å². The summed E-state index contributed by atoms with van der Waals surface area (Å²) in [7, 11) is -3.03. The summed E-state index contributed by atoms with van der Waals surface area (Å²) >= 11 is 12.0. The van der Waals surface area contributed by atoms with Crippen molar-refractivity contribution in [2.24, 2.45) is 5.92 Å². The van der Waals surface area contributed by atoms with Gasteiger partial charge in [-0.25, -0.2) is 8.42 Å². The number of allylic oxidation sites excluding steroid dienone is 3. The fraction of sp³-hybridized carbons (Fsp3) is 0.632.